The third-order valence-electron chi connectivity index (χ3n) is 1.78. The van der Waals surface area contributed by atoms with Crippen LogP contribution in [0.25, 0.3) is 11.0 Å². The third kappa shape index (κ3) is 1.78. The lowest BCUT2D eigenvalue weighted by molar-refractivity contribution is 0.629. The highest BCUT2D eigenvalue weighted by Crippen LogP contribution is 2.15. The molecule has 0 amide bonds. The predicted molar refractivity (Wildman–Crippen MR) is 54.0 cm³/mol. The van der Waals surface area contributed by atoms with Crippen LogP contribution in [0.15, 0.2) is 17.4 Å². The molecule has 0 saturated heterocycles. The summed E-state index contributed by atoms with van der Waals surface area (Å²) in [4.78, 5) is 11.5. The highest BCUT2D eigenvalue weighted by Gasteiger charge is 2.07. The summed E-state index contributed by atoms with van der Waals surface area (Å²) in [7, 11) is -1.29. The Morgan fingerprint density at radius 1 is 1.47 bits per heavy atom. The molecule has 1 unspecified atom stereocenters. The SMILES string of the molecule is CS(=O)c1ncc2cc(F)c(N)nc2n1. The van der Waals surface area contributed by atoms with Gasteiger partial charge in [-0.15, -0.1) is 0 Å². The number of pyridine rings is 1. The molecule has 2 aromatic rings. The predicted octanol–water partition coefficient (Wildman–Crippen LogP) is 0.484. The molecule has 0 aliphatic heterocycles. The standard InChI is InChI=1S/C8H7FN4OS/c1-15(14)8-11-3-4-2-5(9)6(10)12-7(4)13-8/h2-3H,1H3,(H2,10,11,12,13). The van der Waals surface area contributed by atoms with Gasteiger partial charge in [0.2, 0.25) is 5.16 Å². The summed E-state index contributed by atoms with van der Waals surface area (Å²) >= 11 is 0. The molecule has 0 aromatic carbocycles. The molecule has 2 rings (SSSR count). The zero-order chi connectivity index (χ0) is 11.0. The van der Waals surface area contributed by atoms with E-state index in [0.717, 1.165) is 0 Å². The van der Waals surface area contributed by atoms with Gasteiger partial charge in [0.25, 0.3) is 0 Å². The number of hydrogen-bond donors (Lipinski definition) is 1. The Bertz CT molecular complexity index is 560. The van der Waals surface area contributed by atoms with Crippen LogP contribution in [0.4, 0.5) is 10.2 Å². The minimum Gasteiger partial charge on any atom is -0.381 e. The van der Waals surface area contributed by atoms with Gasteiger partial charge in [0.15, 0.2) is 17.3 Å². The first-order chi connectivity index (χ1) is 7.08. The maximum Gasteiger partial charge on any atom is 0.220 e. The Hall–Kier alpha value is -1.63. The third-order valence-corrected chi connectivity index (χ3v) is 2.50. The fourth-order valence-electron chi connectivity index (χ4n) is 1.07. The second-order valence-corrected chi connectivity index (χ2v) is 4.15. The first-order valence-corrected chi connectivity index (χ1v) is 5.56. The lowest BCUT2D eigenvalue weighted by atomic mass is 10.3. The lowest BCUT2D eigenvalue weighted by Crippen LogP contribution is -2.01. The van der Waals surface area contributed by atoms with Crippen LogP contribution in [-0.4, -0.2) is 25.4 Å². The summed E-state index contributed by atoms with van der Waals surface area (Å²) < 4.78 is 24.1. The Morgan fingerprint density at radius 2 is 2.20 bits per heavy atom. The van der Waals surface area contributed by atoms with Gasteiger partial charge in [-0.05, 0) is 6.07 Å². The Labute approximate surface area is 87.0 Å². The number of halogens is 1. The number of aromatic nitrogens is 3. The summed E-state index contributed by atoms with van der Waals surface area (Å²) in [6.07, 6.45) is 2.82. The van der Waals surface area contributed by atoms with Crippen LogP contribution >= 0.6 is 0 Å². The molecule has 2 N–H and O–H groups in total. The van der Waals surface area contributed by atoms with E-state index in [-0.39, 0.29) is 16.6 Å². The number of nitrogens with zero attached hydrogens (tertiary/aromatic N) is 3. The quantitative estimate of drug-likeness (QED) is 0.715. The van der Waals surface area contributed by atoms with Crippen molar-refractivity contribution in [1.82, 2.24) is 15.0 Å². The van der Waals surface area contributed by atoms with Crippen molar-refractivity contribution in [3.8, 4) is 0 Å². The molecule has 0 aliphatic rings. The number of nitrogens with two attached hydrogens (primary N) is 1. The molecule has 2 heterocycles. The van der Waals surface area contributed by atoms with E-state index in [0.29, 0.717) is 5.39 Å². The molecule has 0 radical (unpaired) electrons. The molecule has 7 heteroatoms. The van der Waals surface area contributed by atoms with Crippen molar-refractivity contribution < 1.29 is 8.60 Å². The number of rotatable bonds is 1. The second-order valence-electron chi connectivity index (χ2n) is 2.87. The number of anilines is 1. The molecular weight excluding hydrogens is 219 g/mol. The van der Waals surface area contributed by atoms with Gasteiger partial charge in [0.05, 0.1) is 10.8 Å². The van der Waals surface area contributed by atoms with Gasteiger partial charge < -0.3 is 5.73 Å². The molecule has 15 heavy (non-hydrogen) atoms. The van der Waals surface area contributed by atoms with E-state index in [9.17, 15) is 8.60 Å². The van der Waals surface area contributed by atoms with Crippen molar-refractivity contribution in [2.75, 3.05) is 12.0 Å². The Morgan fingerprint density at radius 3 is 2.87 bits per heavy atom. The van der Waals surface area contributed by atoms with Gasteiger partial charge in [-0.3, -0.25) is 4.21 Å². The van der Waals surface area contributed by atoms with E-state index >= 15 is 0 Å². The number of fused-ring (bicyclic) bond motifs is 1. The topological polar surface area (TPSA) is 81.8 Å². The first-order valence-electron chi connectivity index (χ1n) is 4.00. The van der Waals surface area contributed by atoms with Crippen LogP contribution < -0.4 is 5.73 Å². The van der Waals surface area contributed by atoms with E-state index in [4.69, 9.17) is 5.73 Å². The van der Waals surface area contributed by atoms with Crippen molar-refractivity contribution in [3.63, 3.8) is 0 Å². The van der Waals surface area contributed by atoms with E-state index < -0.39 is 16.6 Å². The van der Waals surface area contributed by atoms with Crippen molar-refractivity contribution >= 4 is 27.7 Å². The molecule has 78 valence electrons. The molecule has 0 aliphatic carbocycles. The monoisotopic (exact) mass is 226 g/mol. The van der Waals surface area contributed by atoms with Crippen molar-refractivity contribution in [2.45, 2.75) is 5.16 Å². The Balaban J connectivity index is 2.72. The summed E-state index contributed by atoms with van der Waals surface area (Å²) in [5.41, 5.74) is 5.53. The summed E-state index contributed by atoms with van der Waals surface area (Å²) in [6, 6.07) is 1.19. The van der Waals surface area contributed by atoms with E-state index in [1.54, 1.807) is 0 Å². The van der Waals surface area contributed by atoms with Crippen LogP contribution in [0.3, 0.4) is 0 Å². The van der Waals surface area contributed by atoms with Gasteiger partial charge in [-0.2, -0.15) is 0 Å². The van der Waals surface area contributed by atoms with Crippen LogP contribution in [0.2, 0.25) is 0 Å². The molecule has 2 aromatic heterocycles. The molecule has 1 atom stereocenters. The normalized spacial score (nSPS) is 12.9. The summed E-state index contributed by atoms with van der Waals surface area (Å²) in [5, 5.41) is 0.580. The second kappa shape index (κ2) is 3.50. The maximum absolute atomic E-state index is 13.0. The molecule has 0 spiro atoms. The minimum absolute atomic E-state index is 0.154. The number of hydrogen-bond acceptors (Lipinski definition) is 5. The van der Waals surface area contributed by atoms with Crippen molar-refractivity contribution in [3.05, 3.63) is 18.1 Å². The van der Waals surface area contributed by atoms with Gasteiger partial charge in [-0.25, -0.2) is 19.3 Å². The minimum atomic E-state index is -1.29. The van der Waals surface area contributed by atoms with Gasteiger partial charge in [0.1, 0.15) is 0 Å². The fraction of sp³-hybridized carbons (Fsp3) is 0.125. The van der Waals surface area contributed by atoms with Crippen LogP contribution in [0, 0.1) is 5.82 Å². The van der Waals surface area contributed by atoms with E-state index in [2.05, 4.69) is 15.0 Å². The average molecular weight is 226 g/mol. The maximum atomic E-state index is 13.0. The van der Waals surface area contributed by atoms with Crippen molar-refractivity contribution in [2.24, 2.45) is 0 Å². The molecule has 0 fully saturated rings. The van der Waals surface area contributed by atoms with E-state index in [1.807, 2.05) is 0 Å². The first kappa shape index (κ1) is 9.91. The Kier molecular flexibility index (Phi) is 2.31. The zero-order valence-corrected chi connectivity index (χ0v) is 8.58. The van der Waals surface area contributed by atoms with Gasteiger partial charge in [-0.1, -0.05) is 0 Å². The fourth-order valence-corrected chi connectivity index (χ4v) is 1.49. The summed E-state index contributed by atoms with van der Waals surface area (Å²) in [6.45, 7) is 0. The average Bonchev–Trinajstić information content (AvgIpc) is 2.19. The summed E-state index contributed by atoms with van der Waals surface area (Å²) in [5.74, 6) is -0.842. The van der Waals surface area contributed by atoms with E-state index in [1.165, 1.54) is 18.5 Å². The highest BCUT2D eigenvalue weighted by molar-refractivity contribution is 7.84. The largest absolute Gasteiger partial charge is 0.381 e. The van der Waals surface area contributed by atoms with Gasteiger partial charge in [0, 0.05) is 17.8 Å². The molecule has 0 saturated carbocycles. The number of nitrogen functional groups attached to an aromatic ring is 1. The highest BCUT2D eigenvalue weighted by atomic mass is 32.2. The lowest BCUT2D eigenvalue weighted by Gasteiger charge is -2.00. The molecule has 5 nitrogen and oxygen atoms in total. The van der Waals surface area contributed by atoms with Gasteiger partial charge >= 0.3 is 0 Å². The van der Waals surface area contributed by atoms with Crippen LogP contribution in [0.1, 0.15) is 0 Å². The zero-order valence-electron chi connectivity index (χ0n) is 7.77. The molecular formula is C8H7FN4OS. The molecule has 0 bridgehead atoms. The smallest absolute Gasteiger partial charge is 0.220 e. The van der Waals surface area contributed by atoms with Crippen molar-refractivity contribution in [1.29, 1.82) is 0 Å². The van der Waals surface area contributed by atoms with Crippen LogP contribution in [-0.2, 0) is 10.8 Å². The van der Waals surface area contributed by atoms with Crippen LogP contribution in [0.5, 0.6) is 0 Å².